The molecule has 0 aliphatic carbocycles. The predicted molar refractivity (Wildman–Crippen MR) is 107 cm³/mol. The number of likely N-dealkylation sites (N-methyl/N-ethyl adjacent to an activating group) is 1. The Balaban J connectivity index is 1.40. The maximum atomic E-state index is 12.9. The molecule has 1 amide bonds. The van der Waals surface area contributed by atoms with Crippen LogP contribution in [0.3, 0.4) is 0 Å². The molecule has 1 atom stereocenters. The van der Waals surface area contributed by atoms with Crippen LogP contribution in [0.2, 0.25) is 0 Å². The van der Waals surface area contributed by atoms with Crippen LogP contribution in [-0.2, 0) is 6.54 Å². The van der Waals surface area contributed by atoms with Crippen LogP contribution in [-0.4, -0.2) is 52.0 Å². The molecule has 1 saturated heterocycles. The standard InChI is InChI=1S/C22H22N4O3/c1-3-16-10-17(13-23-12-16)22(27)26-8-4-6-19(15-26)25(2)14-18-11-21(29-24-18)20-7-5-9-28-20/h1,5,7,9-13,19H,4,6,8,14-15H2,2H3. The van der Waals surface area contributed by atoms with Gasteiger partial charge in [0.1, 0.15) is 0 Å². The monoisotopic (exact) mass is 390 g/mol. The van der Waals surface area contributed by atoms with Gasteiger partial charge in [0, 0.05) is 49.7 Å². The Hall–Kier alpha value is -3.37. The molecule has 29 heavy (non-hydrogen) atoms. The second-order valence-electron chi connectivity index (χ2n) is 7.23. The number of rotatable bonds is 5. The van der Waals surface area contributed by atoms with E-state index in [1.54, 1.807) is 24.7 Å². The zero-order valence-electron chi connectivity index (χ0n) is 16.2. The topological polar surface area (TPSA) is 75.6 Å². The van der Waals surface area contributed by atoms with Crippen molar-refractivity contribution in [1.82, 2.24) is 19.9 Å². The van der Waals surface area contributed by atoms with Crippen LogP contribution in [0.4, 0.5) is 0 Å². The molecule has 0 spiro atoms. The van der Waals surface area contributed by atoms with Crippen molar-refractivity contribution >= 4 is 5.91 Å². The number of carbonyl (C=O) groups excluding carboxylic acids is 1. The van der Waals surface area contributed by atoms with Crippen molar-refractivity contribution in [1.29, 1.82) is 0 Å². The molecule has 1 fully saturated rings. The van der Waals surface area contributed by atoms with Gasteiger partial charge in [0.2, 0.25) is 5.76 Å². The minimum atomic E-state index is -0.0331. The van der Waals surface area contributed by atoms with Gasteiger partial charge in [0.05, 0.1) is 17.5 Å². The highest BCUT2D eigenvalue weighted by Gasteiger charge is 2.27. The molecule has 0 bridgehead atoms. The quantitative estimate of drug-likeness (QED) is 0.624. The van der Waals surface area contributed by atoms with Crippen molar-refractivity contribution in [3.05, 3.63) is 59.7 Å². The summed E-state index contributed by atoms with van der Waals surface area (Å²) in [6.45, 7) is 2.01. The summed E-state index contributed by atoms with van der Waals surface area (Å²) >= 11 is 0. The summed E-state index contributed by atoms with van der Waals surface area (Å²) in [6.07, 6.45) is 12.1. The van der Waals surface area contributed by atoms with Gasteiger partial charge >= 0.3 is 0 Å². The normalized spacial score (nSPS) is 16.7. The van der Waals surface area contributed by atoms with E-state index < -0.39 is 0 Å². The number of hydrogen-bond acceptors (Lipinski definition) is 6. The smallest absolute Gasteiger partial charge is 0.255 e. The van der Waals surface area contributed by atoms with Crippen molar-refractivity contribution in [2.75, 3.05) is 20.1 Å². The van der Waals surface area contributed by atoms with Gasteiger partial charge in [-0.05, 0) is 38.1 Å². The minimum Gasteiger partial charge on any atom is -0.461 e. The van der Waals surface area contributed by atoms with Crippen molar-refractivity contribution in [2.24, 2.45) is 0 Å². The van der Waals surface area contributed by atoms with E-state index in [0.29, 0.717) is 35.7 Å². The van der Waals surface area contributed by atoms with Gasteiger partial charge in [0.25, 0.3) is 5.91 Å². The fourth-order valence-electron chi connectivity index (χ4n) is 3.62. The summed E-state index contributed by atoms with van der Waals surface area (Å²) < 4.78 is 10.7. The van der Waals surface area contributed by atoms with E-state index in [1.807, 2.05) is 30.1 Å². The zero-order chi connectivity index (χ0) is 20.2. The van der Waals surface area contributed by atoms with Gasteiger partial charge in [-0.1, -0.05) is 11.1 Å². The molecule has 3 aromatic rings. The summed E-state index contributed by atoms with van der Waals surface area (Å²) in [4.78, 5) is 21.0. The van der Waals surface area contributed by atoms with E-state index in [9.17, 15) is 4.79 Å². The molecular weight excluding hydrogens is 368 g/mol. The summed E-state index contributed by atoms with van der Waals surface area (Å²) in [5, 5.41) is 4.14. The Labute approximate surface area is 169 Å². The molecule has 0 radical (unpaired) electrons. The van der Waals surface area contributed by atoms with Gasteiger partial charge in [-0.2, -0.15) is 0 Å². The molecule has 7 nitrogen and oxygen atoms in total. The SMILES string of the molecule is C#Cc1cncc(C(=O)N2CCCC(N(C)Cc3cc(-c4ccco4)on3)C2)c1. The third-order valence-corrected chi connectivity index (χ3v) is 5.19. The van der Waals surface area contributed by atoms with Gasteiger partial charge in [-0.15, -0.1) is 6.42 Å². The first kappa shape index (κ1) is 19.0. The number of likely N-dealkylation sites (tertiary alicyclic amines) is 1. The average molecular weight is 390 g/mol. The highest BCUT2D eigenvalue weighted by molar-refractivity contribution is 5.94. The van der Waals surface area contributed by atoms with Crippen LogP contribution in [0.25, 0.3) is 11.5 Å². The van der Waals surface area contributed by atoms with E-state index in [4.69, 9.17) is 15.4 Å². The lowest BCUT2D eigenvalue weighted by Crippen LogP contribution is -2.48. The molecule has 7 heteroatoms. The van der Waals surface area contributed by atoms with E-state index in [-0.39, 0.29) is 11.9 Å². The number of pyridine rings is 1. The van der Waals surface area contributed by atoms with Gasteiger partial charge in [-0.3, -0.25) is 14.7 Å². The number of nitrogens with zero attached hydrogens (tertiary/aromatic N) is 4. The minimum absolute atomic E-state index is 0.0331. The third kappa shape index (κ3) is 4.23. The van der Waals surface area contributed by atoms with Crippen molar-refractivity contribution in [3.63, 3.8) is 0 Å². The van der Waals surface area contributed by atoms with Crippen LogP contribution in [0.5, 0.6) is 0 Å². The summed E-state index contributed by atoms with van der Waals surface area (Å²) in [7, 11) is 2.04. The molecule has 1 unspecified atom stereocenters. The van der Waals surface area contributed by atoms with E-state index in [2.05, 4.69) is 21.0 Å². The summed E-state index contributed by atoms with van der Waals surface area (Å²) in [5.41, 5.74) is 1.97. The molecule has 1 aliphatic rings. The first-order chi connectivity index (χ1) is 14.1. The number of terminal acetylenes is 1. The lowest BCUT2D eigenvalue weighted by atomic mass is 10.0. The first-order valence-electron chi connectivity index (χ1n) is 9.54. The summed E-state index contributed by atoms with van der Waals surface area (Å²) in [5.74, 6) is 3.76. The van der Waals surface area contributed by atoms with Crippen LogP contribution in [0, 0.1) is 12.3 Å². The third-order valence-electron chi connectivity index (χ3n) is 5.19. The number of aromatic nitrogens is 2. The fourth-order valence-corrected chi connectivity index (χ4v) is 3.62. The number of carbonyl (C=O) groups is 1. The molecule has 4 rings (SSSR count). The van der Waals surface area contributed by atoms with Crippen LogP contribution in [0.15, 0.2) is 51.9 Å². The number of piperidine rings is 1. The highest BCUT2D eigenvalue weighted by atomic mass is 16.5. The Morgan fingerprint density at radius 2 is 2.28 bits per heavy atom. The molecule has 1 aliphatic heterocycles. The van der Waals surface area contributed by atoms with E-state index >= 15 is 0 Å². The fraction of sp³-hybridized carbons (Fsp3) is 0.318. The number of amides is 1. The Bertz CT molecular complexity index is 1020. The largest absolute Gasteiger partial charge is 0.461 e. The van der Waals surface area contributed by atoms with Gasteiger partial charge in [-0.25, -0.2) is 0 Å². The van der Waals surface area contributed by atoms with Crippen LogP contribution >= 0.6 is 0 Å². The highest BCUT2D eigenvalue weighted by Crippen LogP contribution is 2.23. The van der Waals surface area contributed by atoms with E-state index in [1.165, 1.54) is 0 Å². The second kappa shape index (κ2) is 8.33. The lowest BCUT2D eigenvalue weighted by molar-refractivity contribution is 0.0599. The molecular formula is C22H22N4O3. The van der Waals surface area contributed by atoms with Crippen LogP contribution in [0.1, 0.15) is 34.5 Å². The molecule has 4 heterocycles. The van der Waals surface area contributed by atoms with Gasteiger partial charge in [0.15, 0.2) is 5.76 Å². The van der Waals surface area contributed by atoms with E-state index in [0.717, 1.165) is 25.1 Å². The maximum Gasteiger partial charge on any atom is 0.255 e. The number of hydrogen-bond donors (Lipinski definition) is 0. The molecule has 148 valence electrons. The molecule has 3 aromatic heterocycles. The Morgan fingerprint density at radius 3 is 3.07 bits per heavy atom. The first-order valence-corrected chi connectivity index (χ1v) is 9.54. The van der Waals surface area contributed by atoms with Gasteiger partial charge < -0.3 is 13.8 Å². The lowest BCUT2D eigenvalue weighted by Gasteiger charge is -2.37. The van der Waals surface area contributed by atoms with Crippen molar-refractivity contribution in [3.8, 4) is 23.9 Å². The zero-order valence-corrected chi connectivity index (χ0v) is 16.2. The Kier molecular flexibility index (Phi) is 5.45. The van der Waals surface area contributed by atoms with Crippen molar-refractivity contribution < 1.29 is 13.7 Å². The molecule has 0 N–H and O–H groups in total. The predicted octanol–water partition coefficient (Wildman–Crippen LogP) is 3.05. The molecule has 0 aromatic carbocycles. The average Bonchev–Trinajstić information content (AvgIpc) is 3.45. The van der Waals surface area contributed by atoms with Crippen molar-refractivity contribution in [2.45, 2.75) is 25.4 Å². The Morgan fingerprint density at radius 1 is 1.38 bits per heavy atom. The molecule has 0 saturated carbocycles. The second-order valence-corrected chi connectivity index (χ2v) is 7.23. The van der Waals surface area contributed by atoms with Crippen LogP contribution < -0.4 is 0 Å². The number of furan rings is 1. The summed E-state index contributed by atoms with van der Waals surface area (Å²) in [6, 6.07) is 7.49. The maximum absolute atomic E-state index is 12.9.